The first-order chi connectivity index (χ1) is 6.85. The predicted molar refractivity (Wildman–Crippen MR) is 67.2 cm³/mol. The second-order valence-corrected chi connectivity index (χ2v) is 5.13. The number of alkyl halides is 1. The van der Waals surface area contributed by atoms with Gasteiger partial charge >= 0.3 is 0 Å². The molecule has 0 spiro atoms. The fourth-order valence-corrected chi connectivity index (χ4v) is 3.08. The van der Waals surface area contributed by atoms with E-state index < -0.39 is 0 Å². The van der Waals surface area contributed by atoms with Crippen molar-refractivity contribution in [2.75, 3.05) is 16.3 Å². The summed E-state index contributed by atoms with van der Waals surface area (Å²) in [5, 5.41) is 13.0. The number of fused-ring (bicyclic) bond motifs is 1. The number of thioether (sulfide) groups is 1. The number of aromatic nitrogens is 3. The Labute approximate surface area is 101 Å². The topological polar surface area (TPSA) is 42.7 Å². The molecule has 2 rings (SSSR count). The predicted octanol–water partition coefficient (Wildman–Crippen LogP) is 1.79. The molecule has 1 aliphatic heterocycles. The van der Waals surface area contributed by atoms with Crippen LogP contribution >= 0.6 is 34.4 Å². The average molecular weight is 322 g/mol. The van der Waals surface area contributed by atoms with Gasteiger partial charge in [0.1, 0.15) is 0 Å². The SMILES string of the molecule is C=CCNc1nnc2n1CC(CI)S2. The Hall–Kier alpha value is -0.240. The summed E-state index contributed by atoms with van der Waals surface area (Å²) in [6, 6.07) is 0. The molecule has 76 valence electrons. The molecule has 4 nitrogen and oxygen atoms in total. The van der Waals surface area contributed by atoms with Crippen LogP contribution in [0.1, 0.15) is 0 Å². The minimum Gasteiger partial charge on any atom is -0.351 e. The lowest BCUT2D eigenvalue weighted by atomic mass is 10.5. The van der Waals surface area contributed by atoms with Crippen molar-refractivity contribution in [2.24, 2.45) is 0 Å². The van der Waals surface area contributed by atoms with Gasteiger partial charge in [-0.3, -0.25) is 4.57 Å². The summed E-state index contributed by atoms with van der Waals surface area (Å²) in [6.45, 7) is 5.40. The summed E-state index contributed by atoms with van der Waals surface area (Å²) in [6.07, 6.45) is 1.82. The summed E-state index contributed by atoms with van der Waals surface area (Å²) in [7, 11) is 0. The fourth-order valence-electron chi connectivity index (χ4n) is 1.30. The van der Waals surface area contributed by atoms with E-state index in [4.69, 9.17) is 0 Å². The Morgan fingerprint density at radius 2 is 2.57 bits per heavy atom. The highest BCUT2D eigenvalue weighted by Crippen LogP contribution is 2.33. The van der Waals surface area contributed by atoms with Gasteiger partial charge in [-0.15, -0.1) is 16.8 Å². The fraction of sp³-hybridized carbons (Fsp3) is 0.500. The van der Waals surface area contributed by atoms with E-state index in [-0.39, 0.29) is 0 Å². The summed E-state index contributed by atoms with van der Waals surface area (Å²) in [5.74, 6) is 0.861. The number of nitrogens with zero attached hydrogens (tertiary/aromatic N) is 3. The van der Waals surface area contributed by atoms with Crippen molar-refractivity contribution in [3.63, 3.8) is 0 Å². The molecule has 0 saturated carbocycles. The second-order valence-electron chi connectivity index (χ2n) is 2.98. The highest BCUT2D eigenvalue weighted by atomic mass is 127. The molecule has 0 bridgehead atoms. The van der Waals surface area contributed by atoms with Crippen molar-refractivity contribution in [2.45, 2.75) is 17.0 Å². The molecule has 0 radical (unpaired) electrons. The molecule has 0 aromatic carbocycles. The number of hydrogen-bond donors (Lipinski definition) is 1. The zero-order chi connectivity index (χ0) is 9.97. The first-order valence-corrected chi connectivity index (χ1v) is 6.76. The Kier molecular flexibility index (Phi) is 3.32. The highest BCUT2D eigenvalue weighted by Gasteiger charge is 2.25. The van der Waals surface area contributed by atoms with Crippen LogP contribution in [0.2, 0.25) is 0 Å². The maximum atomic E-state index is 4.12. The van der Waals surface area contributed by atoms with E-state index in [0.29, 0.717) is 5.25 Å². The van der Waals surface area contributed by atoms with Crippen LogP contribution in [0.3, 0.4) is 0 Å². The van der Waals surface area contributed by atoms with E-state index in [9.17, 15) is 0 Å². The molecule has 1 aromatic rings. The molecule has 1 unspecified atom stereocenters. The van der Waals surface area contributed by atoms with Crippen molar-refractivity contribution in [1.29, 1.82) is 0 Å². The molecule has 1 aromatic heterocycles. The van der Waals surface area contributed by atoms with E-state index in [0.717, 1.165) is 28.6 Å². The van der Waals surface area contributed by atoms with Crippen LogP contribution < -0.4 is 5.32 Å². The standard InChI is InChI=1S/C8H11IN4S/c1-2-3-10-7-11-12-8-13(7)5-6(4-9)14-8/h2,6H,1,3-5H2,(H,10,11). The molecule has 1 atom stereocenters. The Balaban J connectivity index is 2.10. The third-order valence-corrected chi connectivity index (χ3v) is 4.77. The van der Waals surface area contributed by atoms with Gasteiger partial charge in [0.15, 0.2) is 5.16 Å². The first kappa shape index (κ1) is 10.3. The van der Waals surface area contributed by atoms with Crippen LogP contribution in [0.4, 0.5) is 5.95 Å². The Morgan fingerprint density at radius 3 is 3.29 bits per heavy atom. The number of halogens is 1. The monoisotopic (exact) mass is 322 g/mol. The normalized spacial score (nSPS) is 19.4. The number of anilines is 1. The van der Waals surface area contributed by atoms with Gasteiger partial charge in [-0.2, -0.15) is 0 Å². The average Bonchev–Trinajstić information content (AvgIpc) is 2.74. The van der Waals surface area contributed by atoms with Crippen LogP contribution in [-0.4, -0.2) is 31.0 Å². The maximum absolute atomic E-state index is 4.12. The third-order valence-electron chi connectivity index (χ3n) is 1.95. The van der Waals surface area contributed by atoms with Gasteiger partial charge in [-0.1, -0.05) is 40.4 Å². The van der Waals surface area contributed by atoms with Gasteiger partial charge in [0.05, 0.1) is 0 Å². The van der Waals surface area contributed by atoms with E-state index in [2.05, 4.69) is 49.3 Å². The molecular formula is C8H11IN4S. The largest absolute Gasteiger partial charge is 0.351 e. The maximum Gasteiger partial charge on any atom is 0.225 e. The molecule has 6 heteroatoms. The van der Waals surface area contributed by atoms with Crippen LogP contribution in [-0.2, 0) is 6.54 Å². The minimum absolute atomic E-state index is 0.644. The van der Waals surface area contributed by atoms with E-state index in [1.807, 2.05) is 6.08 Å². The third kappa shape index (κ3) is 1.90. The number of nitrogens with one attached hydrogen (secondary N) is 1. The number of hydrogen-bond acceptors (Lipinski definition) is 4. The summed E-state index contributed by atoms with van der Waals surface area (Å²) in [4.78, 5) is 0. The van der Waals surface area contributed by atoms with Gasteiger partial charge < -0.3 is 5.32 Å². The molecule has 1 aliphatic rings. The van der Waals surface area contributed by atoms with Crippen LogP contribution in [0.15, 0.2) is 17.8 Å². The number of rotatable bonds is 4. The van der Waals surface area contributed by atoms with Crippen LogP contribution in [0.25, 0.3) is 0 Å². The molecule has 14 heavy (non-hydrogen) atoms. The molecule has 1 N–H and O–H groups in total. The molecule has 0 amide bonds. The van der Waals surface area contributed by atoms with Gasteiger partial charge in [-0.05, 0) is 0 Å². The van der Waals surface area contributed by atoms with Gasteiger partial charge in [0, 0.05) is 22.8 Å². The van der Waals surface area contributed by atoms with Crippen molar-refractivity contribution < 1.29 is 0 Å². The molecule has 2 heterocycles. The summed E-state index contributed by atoms with van der Waals surface area (Å²) >= 11 is 4.21. The van der Waals surface area contributed by atoms with Crippen LogP contribution in [0, 0.1) is 0 Å². The summed E-state index contributed by atoms with van der Waals surface area (Å²) < 4.78 is 3.28. The smallest absolute Gasteiger partial charge is 0.225 e. The Morgan fingerprint density at radius 1 is 1.71 bits per heavy atom. The Bertz CT molecular complexity index is 338. The lowest BCUT2D eigenvalue weighted by Gasteiger charge is -2.05. The second kappa shape index (κ2) is 4.52. The summed E-state index contributed by atoms with van der Waals surface area (Å²) in [5.41, 5.74) is 0. The van der Waals surface area contributed by atoms with Crippen molar-refractivity contribution in [3.8, 4) is 0 Å². The first-order valence-electron chi connectivity index (χ1n) is 4.35. The van der Waals surface area contributed by atoms with Crippen molar-refractivity contribution in [3.05, 3.63) is 12.7 Å². The van der Waals surface area contributed by atoms with E-state index in [1.54, 1.807) is 11.8 Å². The van der Waals surface area contributed by atoms with Gasteiger partial charge in [-0.25, -0.2) is 0 Å². The van der Waals surface area contributed by atoms with E-state index >= 15 is 0 Å². The van der Waals surface area contributed by atoms with Gasteiger partial charge in [0.2, 0.25) is 5.95 Å². The lowest BCUT2D eigenvalue weighted by Crippen LogP contribution is -2.11. The molecule has 0 aliphatic carbocycles. The zero-order valence-electron chi connectivity index (χ0n) is 7.61. The quantitative estimate of drug-likeness (QED) is 0.521. The van der Waals surface area contributed by atoms with Crippen molar-refractivity contribution in [1.82, 2.24) is 14.8 Å². The molecule has 0 fully saturated rings. The molecule has 0 saturated heterocycles. The highest BCUT2D eigenvalue weighted by molar-refractivity contribution is 14.1. The lowest BCUT2D eigenvalue weighted by molar-refractivity contribution is 0.679. The van der Waals surface area contributed by atoms with Crippen molar-refractivity contribution >= 4 is 40.3 Å². The minimum atomic E-state index is 0.644. The van der Waals surface area contributed by atoms with E-state index in [1.165, 1.54) is 0 Å². The zero-order valence-corrected chi connectivity index (χ0v) is 10.6. The van der Waals surface area contributed by atoms with Gasteiger partial charge in [0.25, 0.3) is 0 Å². The molecular weight excluding hydrogens is 311 g/mol. The van der Waals surface area contributed by atoms with Crippen LogP contribution in [0.5, 0.6) is 0 Å².